The summed E-state index contributed by atoms with van der Waals surface area (Å²) in [6.45, 7) is 1.80. The highest BCUT2D eigenvalue weighted by molar-refractivity contribution is 5.94. The topological polar surface area (TPSA) is 58.6 Å². The molecule has 0 bridgehead atoms. The van der Waals surface area contributed by atoms with E-state index in [-0.39, 0.29) is 18.4 Å². The number of methoxy groups -OCH3 is 1. The summed E-state index contributed by atoms with van der Waals surface area (Å²) in [4.78, 5) is 25.7. The predicted octanol–water partition coefficient (Wildman–Crippen LogP) is 2.01. The number of likely N-dealkylation sites (tertiary alicyclic amines) is 1. The van der Waals surface area contributed by atoms with Crippen LogP contribution in [-0.4, -0.2) is 49.6 Å². The molecule has 24 heavy (non-hydrogen) atoms. The maximum absolute atomic E-state index is 12.0. The first kappa shape index (κ1) is 17.0. The van der Waals surface area contributed by atoms with Crippen molar-refractivity contribution in [2.45, 2.75) is 38.1 Å². The Kier molecular flexibility index (Phi) is 5.51. The van der Waals surface area contributed by atoms with Crippen molar-refractivity contribution in [3.8, 4) is 0 Å². The van der Waals surface area contributed by atoms with E-state index in [1.54, 1.807) is 7.11 Å². The molecule has 0 aromatic heterocycles. The summed E-state index contributed by atoms with van der Waals surface area (Å²) in [7, 11) is 1.55. The predicted molar refractivity (Wildman–Crippen MR) is 91.8 cm³/mol. The molecule has 1 aromatic rings. The Bertz CT molecular complexity index is 573. The fourth-order valence-corrected chi connectivity index (χ4v) is 3.22. The minimum atomic E-state index is 0.0361. The first-order chi connectivity index (χ1) is 11.7. The number of hydrogen-bond donors (Lipinski definition) is 1. The number of benzene rings is 1. The largest absolute Gasteiger partial charge is 0.375 e. The van der Waals surface area contributed by atoms with Crippen molar-refractivity contribution in [1.29, 1.82) is 0 Å². The van der Waals surface area contributed by atoms with E-state index in [2.05, 4.69) is 17.4 Å². The van der Waals surface area contributed by atoms with Crippen LogP contribution in [0, 0.1) is 5.92 Å². The molecule has 1 N–H and O–H groups in total. The lowest BCUT2D eigenvalue weighted by atomic mass is 9.90. The molecule has 1 saturated carbocycles. The molecule has 1 aliphatic carbocycles. The van der Waals surface area contributed by atoms with Gasteiger partial charge in [0.05, 0.1) is 0 Å². The molecular formula is C19H26N2O3. The summed E-state index contributed by atoms with van der Waals surface area (Å²) >= 11 is 0. The average Bonchev–Trinajstić information content (AvgIpc) is 3.40. The van der Waals surface area contributed by atoms with Crippen molar-refractivity contribution in [2.24, 2.45) is 5.92 Å². The Morgan fingerprint density at radius 3 is 2.38 bits per heavy atom. The van der Waals surface area contributed by atoms with Crippen LogP contribution in [-0.2, 0) is 16.0 Å². The first-order valence-corrected chi connectivity index (χ1v) is 8.82. The fraction of sp³-hybridized carbons (Fsp3) is 0.579. The summed E-state index contributed by atoms with van der Waals surface area (Å²) in [5.74, 6) is 0.721. The molecule has 0 atom stereocenters. The van der Waals surface area contributed by atoms with E-state index in [1.807, 2.05) is 17.0 Å². The van der Waals surface area contributed by atoms with Gasteiger partial charge in [0.1, 0.15) is 6.61 Å². The number of carbonyl (C=O) groups excluding carboxylic acids is 2. The monoisotopic (exact) mass is 330 g/mol. The van der Waals surface area contributed by atoms with Crippen LogP contribution in [0.3, 0.4) is 0 Å². The molecule has 130 valence electrons. The zero-order valence-electron chi connectivity index (χ0n) is 14.3. The zero-order chi connectivity index (χ0) is 16.9. The number of ether oxygens (including phenoxy) is 1. The third-order valence-electron chi connectivity index (χ3n) is 4.89. The van der Waals surface area contributed by atoms with Crippen molar-refractivity contribution in [1.82, 2.24) is 10.2 Å². The Balaban J connectivity index is 1.46. The third-order valence-corrected chi connectivity index (χ3v) is 4.89. The van der Waals surface area contributed by atoms with Crippen LogP contribution < -0.4 is 5.32 Å². The average molecular weight is 330 g/mol. The summed E-state index contributed by atoms with van der Waals surface area (Å²) in [5.41, 5.74) is 2.00. The lowest BCUT2D eigenvalue weighted by Gasteiger charge is -2.32. The van der Waals surface area contributed by atoms with Crippen molar-refractivity contribution in [2.75, 3.05) is 26.8 Å². The van der Waals surface area contributed by atoms with Crippen LogP contribution in [0.5, 0.6) is 0 Å². The summed E-state index contributed by atoms with van der Waals surface area (Å²) in [6, 6.07) is 8.35. The van der Waals surface area contributed by atoms with E-state index < -0.39 is 0 Å². The maximum atomic E-state index is 12.0. The highest BCUT2D eigenvalue weighted by Crippen LogP contribution is 2.23. The molecule has 1 saturated heterocycles. The van der Waals surface area contributed by atoms with Gasteiger partial charge in [-0.3, -0.25) is 9.59 Å². The van der Waals surface area contributed by atoms with Gasteiger partial charge in [0.2, 0.25) is 5.91 Å². The maximum Gasteiger partial charge on any atom is 0.251 e. The van der Waals surface area contributed by atoms with E-state index >= 15 is 0 Å². The number of piperidine rings is 1. The van der Waals surface area contributed by atoms with Crippen LogP contribution in [0.15, 0.2) is 24.3 Å². The SMILES string of the molecule is COCC(=O)N1CCC(Cc2ccc(C(=O)NC3CC3)cc2)CC1. The standard InChI is InChI=1S/C19H26N2O3/c1-24-13-18(22)21-10-8-15(9-11-21)12-14-2-4-16(5-3-14)19(23)20-17-6-7-17/h2-5,15,17H,6-13H2,1H3,(H,20,23). The number of nitrogens with zero attached hydrogens (tertiary/aromatic N) is 1. The Labute approximate surface area is 143 Å². The number of hydrogen-bond acceptors (Lipinski definition) is 3. The quantitative estimate of drug-likeness (QED) is 0.868. The first-order valence-electron chi connectivity index (χ1n) is 8.82. The number of carbonyl (C=O) groups is 2. The molecule has 3 rings (SSSR count). The Morgan fingerprint density at radius 1 is 1.12 bits per heavy atom. The van der Waals surface area contributed by atoms with Gasteiger partial charge in [-0.15, -0.1) is 0 Å². The van der Waals surface area contributed by atoms with E-state index in [0.29, 0.717) is 12.0 Å². The van der Waals surface area contributed by atoms with Gasteiger partial charge in [-0.2, -0.15) is 0 Å². The van der Waals surface area contributed by atoms with Gasteiger partial charge in [-0.05, 0) is 55.7 Å². The molecule has 2 aliphatic rings. The molecule has 1 aromatic carbocycles. The van der Waals surface area contributed by atoms with Crippen LogP contribution in [0.25, 0.3) is 0 Å². The van der Waals surface area contributed by atoms with Gasteiger partial charge < -0.3 is 15.0 Å². The fourth-order valence-electron chi connectivity index (χ4n) is 3.22. The van der Waals surface area contributed by atoms with Crippen LogP contribution >= 0.6 is 0 Å². The molecule has 2 fully saturated rings. The number of amides is 2. The molecule has 1 aliphatic heterocycles. The Morgan fingerprint density at radius 2 is 1.79 bits per heavy atom. The van der Waals surface area contributed by atoms with E-state index in [1.165, 1.54) is 5.56 Å². The van der Waals surface area contributed by atoms with E-state index in [9.17, 15) is 9.59 Å². The van der Waals surface area contributed by atoms with Crippen molar-refractivity contribution >= 4 is 11.8 Å². The minimum absolute atomic E-state index is 0.0361. The minimum Gasteiger partial charge on any atom is -0.375 e. The summed E-state index contributed by atoms with van der Waals surface area (Å²) in [5, 5.41) is 3.01. The molecule has 0 unspecified atom stereocenters. The van der Waals surface area contributed by atoms with Crippen molar-refractivity contribution in [3.05, 3.63) is 35.4 Å². The van der Waals surface area contributed by atoms with Gasteiger partial charge in [-0.25, -0.2) is 0 Å². The highest BCUT2D eigenvalue weighted by Gasteiger charge is 2.24. The summed E-state index contributed by atoms with van der Waals surface area (Å²) < 4.78 is 4.91. The lowest BCUT2D eigenvalue weighted by molar-refractivity contribution is -0.136. The molecule has 5 heteroatoms. The Hall–Kier alpha value is -1.88. The van der Waals surface area contributed by atoms with Crippen LogP contribution in [0.1, 0.15) is 41.6 Å². The van der Waals surface area contributed by atoms with E-state index in [0.717, 1.165) is 50.8 Å². The second kappa shape index (κ2) is 7.79. The molecule has 1 heterocycles. The van der Waals surface area contributed by atoms with Gasteiger partial charge in [0, 0.05) is 31.8 Å². The number of rotatable bonds is 6. The van der Waals surface area contributed by atoms with Gasteiger partial charge in [0.15, 0.2) is 0 Å². The molecule has 5 nitrogen and oxygen atoms in total. The van der Waals surface area contributed by atoms with Crippen LogP contribution in [0.4, 0.5) is 0 Å². The van der Waals surface area contributed by atoms with Gasteiger partial charge >= 0.3 is 0 Å². The second-order valence-electron chi connectivity index (χ2n) is 6.91. The van der Waals surface area contributed by atoms with Crippen LogP contribution in [0.2, 0.25) is 0 Å². The zero-order valence-corrected chi connectivity index (χ0v) is 14.3. The van der Waals surface area contributed by atoms with E-state index in [4.69, 9.17) is 4.74 Å². The smallest absolute Gasteiger partial charge is 0.251 e. The normalized spacial score (nSPS) is 18.5. The van der Waals surface area contributed by atoms with Gasteiger partial charge in [-0.1, -0.05) is 12.1 Å². The summed E-state index contributed by atoms with van der Waals surface area (Å²) in [6.07, 6.45) is 5.28. The third kappa shape index (κ3) is 4.57. The molecular weight excluding hydrogens is 304 g/mol. The number of nitrogens with one attached hydrogen (secondary N) is 1. The molecule has 2 amide bonds. The highest BCUT2D eigenvalue weighted by atomic mass is 16.5. The molecule has 0 spiro atoms. The van der Waals surface area contributed by atoms with Crippen molar-refractivity contribution in [3.63, 3.8) is 0 Å². The van der Waals surface area contributed by atoms with Crippen molar-refractivity contribution < 1.29 is 14.3 Å². The molecule has 0 radical (unpaired) electrons. The lowest BCUT2D eigenvalue weighted by Crippen LogP contribution is -2.40. The second-order valence-corrected chi connectivity index (χ2v) is 6.91. The van der Waals surface area contributed by atoms with Gasteiger partial charge in [0.25, 0.3) is 5.91 Å².